The van der Waals surface area contributed by atoms with Gasteiger partial charge in [-0.05, 0) is 65.0 Å². The zero-order chi connectivity index (χ0) is 23.1. The highest BCUT2D eigenvalue weighted by atomic mass is 16.7. The van der Waals surface area contributed by atoms with E-state index >= 15 is 0 Å². The SMILES string of the molecule is C[C@@H]1NCCCN(c2nccc(C(=O)C3=C(N)[C@]4(CCCCC45OCCO5)CCC3)n2)[C@H]1C. The summed E-state index contributed by atoms with van der Waals surface area (Å²) in [6.45, 7) is 7.37. The topological polar surface area (TPSA) is 103 Å². The van der Waals surface area contributed by atoms with Gasteiger partial charge in [0.2, 0.25) is 11.7 Å². The fourth-order valence-corrected chi connectivity index (χ4v) is 6.38. The second-order valence-electron chi connectivity index (χ2n) is 10.1. The quantitative estimate of drug-likeness (QED) is 0.671. The van der Waals surface area contributed by atoms with Crippen LogP contribution in [0.3, 0.4) is 0 Å². The van der Waals surface area contributed by atoms with Crippen molar-refractivity contribution in [3.05, 3.63) is 29.2 Å². The predicted octanol–water partition coefficient (Wildman–Crippen LogP) is 2.94. The number of carbonyl (C=O) groups excluding carboxylic acids is 1. The standard InChI is InChI=1S/C25H37N5O3/c1-17-18(2)30(14-6-12-27-17)23-28-13-8-20(29-23)21(31)19-7-5-10-24(22(19)26)9-3-4-11-25(24)32-15-16-33-25/h8,13,17-18,27H,3-7,9-12,14-16,26H2,1-2H3/t17-,18-,24-/m0/s1. The summed E-state index contributed by atoms with van der Waals surface area (Å²) in [7, 11) is 0. The maximum absolute atomic E-state index is 13.7. The number of fused-ring (bicyclic) bond motifs is 1. The van der Waals surface area contributed by atoms with Crippen LogP contribution < -0.4 is 16.0 Å². The van der Waals surface area contributed by atoms with Gasteiger partial charge in [0.25, 0.3) is 0 Å². The van der Waals surface area contributed by atoms with Crippen molar-refractivity contribution in [1.82, 2.24) is 15.3 Å². The largest absolute Gasteiger partial charge is 0.401 e. The number of carbonyl (C=O) groups is 1. The Bertz CT molecular complexity index is 928. The molecular formula is C25H37N5O3. The lowest BCUT2D eigenvalue weighted by molar-refractivity contribution is -0.248. The van der Waals surface area contributed by atoms with E-state index in [-0.39, 0.29) is 11.8 Å². The summed E-state index contributed by atoms with van der Waals surface area (Å²) in [6.07, 6.45) is 9.07. The Hall–Kier alpha value is -2.03. The lowest BCUT2D eigenvalue weighted by Crippen LogP contribution is -2.56. The van der Waals surface area contributed by atoms with Crippen LogP contribution in [0.5, 0.6) is 0 Å². The fraction of sp³-hybridized carbons (Fsp3) is 0.720. The van der Waals surface area contributed by atoms with Gasteiger partial charge in [0.05, 0.1) is 18.6 Å². The first-order valence-corrected chi connectivity index (χ1v) is 12.6. The molecule has 2 aliphatic heterocycles. The van der Waals surface area contributed by atoms with E-state index in [0.29, 0.717) is 48.6 Å². The highest BCUT2D eigenvalue weighted by Gasteiger charge is 2.59. The smallest absolute Gasteiger partial charge is 0.226 e. The maximum atomic E-state index is 13.7. The first kappa shape index (κ1) is 22.7. The van der Waals surface area contributed by atoms with E-state index in [0.717, 1.165) is 58.0 Å². The number of nitrogens with zero attached hydrogens (tertiary/aromatic N) is 3. The molecule has 1 aromatic rings. The number of hydrogen-bond acceptors (Lipinski definition) is 8. The highest BCUT2D eigenvalue weighted by Crippen LogP contribution is 2.57. The molecular weight excluding hydrogens is 418 g/mol. The van der Waals surface area contributed by atoms with E-state index in [4.69, 9.17) is 20.2 Å². The second-order valence-corrected chi connectivity index (χ2v) is 10.1. The third-order valence-corrected chi connectivity index (χ3v) is 8.38. The summed E-state index contributed by atoms with van der Waals surface area (Å²) in [5.74, 6) is -0.143. The van der Waals surface area contributed by atoms with Crippen LogP contribution in [0.15, 0.2) is 23.5 Å². The summed E-state index contributed by atoms with van der Waals surface area (Å²) < 4.78 is 12.5. The average molecular weight is 456 g/mol. The molecule has 3 atom stereocenters. The number of ether oxygens (including phenoxy) is 2. The van der Waals surface area contributed by atoms with Crippen molar-refractivity contribution in [2.24, 2.45) is 11.1 Å². The molecule has 8 nitrogen and oxygen atoms in total. The number of aromatic nitrogens is 2. The number of allylic oxidation sites excluding steroid dienone is 1. The Morgan fingerprint density at radius 2 is 1.91 bits per heavy atom. The van der Waals surface area contributed by atoms with E-state index < -0.39 is 11.2 Å². The van der Waals surface area contributed by atoms with Crippen molar-refractivity contribution < 1.29 is 14.3 Å². The van der Waals surface area contributed by atoms with Crippen molar-refractivity contribution in [2.75, 3.05) is 31.2 Å². The van der Waals surface area contributed by atoms with Crippen LogP contribution in [-0.2, 0) is 9.47 Å². The molecule has 1 aromatic heterocycles. The third-order valence-electron chi connectivity index (χ3n) is 8.38. The van der Waals surface area contributed by atoms with Gasteiger partial charge in [-0.15, -0.1) is 0 Å². The monoisotopic (exact) mass is 455 g/mol. The number of hydrogen-bond donors (Lipinski definition) is 2. The average Bonchev–Trinajstić information content (AvgIpc) is 3.24. The number of Topliss-reactive ketones (excluding diaryl/α,β-unsaturated/α-hetero) is 1. The molecule has 0 radical (unpaired) electrons. The van der Waals surface area contributed by atoms with Gasteiger partial charge in [-0.1, -0.05) is 6.42 Å². The van der Waals surface area contributed by atoms with Crippen LogP contribution in [-0.4, -0.2) is 59.9 Å². The van der Waals surface area contributed by atoms with Crippen molar-refractivity contribution >= 4 is 11.7 Å². The Kier molecular flexibility index (Phi) is 6.18. The van der Waals surface area contributed by atoms with E-state index in [1.54, 1.807) is 12.3 Å². The van der Waals surface area contributed by atoms with Gasteiger partial charge in [0, 0.05) is 42.5 Å². The van der Waals surface area contributed by atoms with Gasteiger partial charge in [-0.3, -0.25) is 4.79 Å². The molecule has 180 valence electrons. The molecule has 8 heteroatoms. The van der Waals surface area contributed by atoms with Gasteiger partial charge < -0.3 is 25.4 Å². The lowest BCUT2D eigenvalue weighted by Gasteiger charge is -2.52. The summed E-state index contributed by atoms with van der Waals surface area (Å²) in [6, 6.07) is 2.27. The molecule has 2 spiro atoms. The molecule has 3 fully saturated rings. The van der Waals surface area contributed by atoms with Crippen molar-refractivity contribution in [3.8, 4) is 0 Å². The van der Waals surface area contributed by atoms with Crippen LogP contribution >= 0.6 is 0 Å². The van der Waals surface area contributed by atoms with Crippen molar-refractivity contribution in [3.63, 3.8) is 0 Å². The molecule has 0 unspecified atom stereocenters. The van der Waals surface area contributed by atoms with E-state index in [2.05, 4.69) is 29.0 Å². The second kappa shape index (κ2) is 8.96. The fourth-order valence-electron chi connectivity index (χ4n) is 6.38. The minimum Gasteiger partial charge on any atom is -0.401 e. The van der Waals surface area contributed by atoms with E-state index in [1.165, 1.54) is 0 Å². The molecule has 0 amide bonds. The first-order valence-electron chi connectivity index (χ1n) is 12.6. The van der Waals surface area contributed by atoms with Crippen LogP contribution in [0.4, 0.5) is 5.95 Å². The highest BCUT2D eigenvalue weighted by molar-refractivity contribution is 6.08. The maximum Gasteiger partial charge on any atom is 0.226 e. The van der Waals surface area contributed by atoms with E-state index in [1.807, 2.05) is 0 Å². The van der Waals surface area contributed by atoms with Crippen molar-refractivity contribution in [1.29, 1.82) is 0 Å². The molecule has 33 heavy (non-hydrogen) atoms. The minimum absolute atomic E-state index is 0.0809. The molecule has 4 aliphatic rings. The minimum atomic E-state index is -0.678. The van der Waals surface area contributed by atoms with Crippen molar-refractivity contribution in [2.45, 2.75) is 83.1 Å². The summed E-state index contributed by atoms with van der Waals surface area (Å²) in [5.41, 5.74) is 8.22. The normalized spacial score (nSPS) is 32.4. The number of nitrogens with one attached hydrogen (secondary N) is 1. The Morgan fingerprint density at radius 3 is 2.73 bits per heavy atom. The number of anilines is 1. The van der Waals surface area contributed by atoms with Crippen LogP contribution in [0.1, 0.15) is 75.7 Å². The number of rotatable bonds is 3. The predicted molar refractivity (Wildman–Crippen MR) is 126 cm³/mol. The molecule has 1 saturated carbocycles. The zero-order valence-electron chi connectivity index (χ0n) is 19.9. The lowest BCUT2D eigenvalue weighted by atomic mass is 9.60. The zero-order valence-corrected chi connectivity index (χ0v) is 19.9. The Labute approximate surface area is 196 Å². The molecule has 2 aliphatic carbocycles. The summed E-state index contributed by atoms with van der Waals surface area (Å²) in [4.78, 5) is 25.2. The molecule has 5 rings (SSSR count). The molecule has 0 bridgehead atoms. The van der Waals surface area contributed by atoms with Gasteiger partial charge >= 0.3 is 0 Å². The summed E-state index contributed by atoms with van der Waals surface area (Å²) in [5, 5.41) is 3.53. The molecule has 2 saturated heterocycles. The van der Waals surface area contributed by atoms with Crippen LogP contribution in [0.25, 0.3) is 0 Å². The molecule has 3 N–H and O–H groups in total. The Morgan fingerprint density at radius 1 is 1.15 bits per heavy atom. The van der Waals surface area contributed by atoms with Gasteiger partial charge in [0.15, 0.2) is 5.79 Å². The number of nitrogens with two attached hydrogens (primary N) is 1. The Balaban J connectivity index is 1.48. The van der Waals surface area contributed by atoms with Gasteiger partial charge in [-0.2, -0.15) is 0 Å². The molecule has 3 heterocycles. The van der Waals surface area contributed by atoms with Gasteiger partial charge in [-0.25, -0.2) is 9.97 Å². The first-order chi connectivity index (χ1) is 16.0. The van der Waals surface area contributed by atoms with E-state index in [9.17, 15) is 4.79 Å². The molecule has 0 aromatic carbocycles. The van der Waals surface area contributed by atoms with Gasteiger partial charge in [0.1, 0.15) is 5.69 Å². The summed E-state index contributed by atoms with van der Waals surface area (Å²) >= 11 is 0. The third kappa shape index (κ3) is 3.76. The number of ketones is 1. The van der Waals surface area contributed by atoms with Crippen LogP contribution in [0.2, 0.25) is 0 Å². The van der Waals surface area contributed by atoms with Crippen LogP contribution in [0, 0.1) is 5.41 Å².